The predicted octanol–water partition coefficient (Wildman–Crippen LogP) is 3.93. The minimum absolute atomic E-state index is 0.0793. The highest BCUT2D eigenvalue weighted by Gasteiger charge is 2.11. The third kappa shape index (κ3) is 4.59. The molecule has 2 aromatic carbocycles. The molecule has 0 fully saturated rings. The van der Waals surface area contributed by atoms with E-state index in [1.54, 1.807) is 0 Å². The van der Waals surface area contributed by atoms with Gasteiger partial charge in [-0.05, 0) is 41.4 Å². The van der Waals surface area contributed by atoms with E-state index >= 15 is 0 Å². The van der Waals surface area contributed by atoms with Crippen molar-refractivity contribution in [3.8, 4) is 17.2 Å². The van der Waals surface area contributed by atoms with E-state index in [-0.39, 0.29) is 22.3 Å². The molecule has 8 heteroatoms. The smallest absolute Gasteiger partial charge is 0.395 e. The minimum atomic E-state index is -1.01. The van der Waals surface area contributed by atoms with Gasteiger partial charge in [0, 0.05) is 6.07 Å². The number of ether oxygens (including phenoxy) is 2. The zero-order valence-electron chi connectivity index (χ0n) is 11.2. The summed E-state index contributed by atoms with van der Waals surface area (Å²) in [6, 6.07) is 9.04. The van der Waals surface area contributed by atoms with Gasteiger partial charge in [-0.1, -0.05) is 11.6 Å². The number of hydrogen-bond donors (Lipinski definition) is 0. The first kappa shape index (κ1) is 16.0. The average Bonchev–Trinajstić information content (AvgIpc) is 2.50. The molecular weight excluding hydrogens is 319 g/mol. The van der Waals surface area contributed by atoms with Crippen LogP contribution in [0.2, 0.25) is 5.02 Å². The Morgan fingerprint density at radius 2 is 1.68 bits per heavy atom. The molecule has 0 saturated heterocycles. The number of carbonyl (C=O) groups excluding carboxylic acids is 1. The van der Waals surface area contributed by atoms with Gasteiger partial charge in [-0.25, -0.2) is 9.18 Å². The van der Waals surface area contributed by atoms with Crippen molar-refractivity contribution in [2.45, 2.75) is 0 Å². The van der Waals surface area contributed by atoms with E-state index in [9.17, 15) is 9.18 Å². The van der Waals surface area contributed by atoms with Crippen molar-refractivity contribution in [3.05, 3.63) is 53.3 Å². The monoisotopic (exact) mass is 328 g/mol. The zero-order chi connectivity index (χ0) is 15.9. The molecule has 0 radical (unpaired) electrons. The Bertz CT molecular complexity index is 646. The Hall–Kier alpha value is -2.35. The fourth-order valence-electron chi connectivity index (χ4n) is 1.40. The molecule has 2 rings (SSSR count). The van der Waals surface area contributed by atoms with Crippen LogP contribution in [0.1, 0.15) is 0 Å². The summed E-state index contributed by atoms with van der Waals surface area (Å²) in [5, 5.41) is 4.49. The third-order valence-corrected chi connectivity index (χ3v) is 2.62. The van der Waals surface area contributed by atoms with Gasteiger partial charge in [0.25, 0.3) is 0 Å². The van der Waals surface area contributed by atoms with Gasteiger partial charge in [0.05, 0.1) is 12.1 Å². The van der Waals surface area contributed by atoms with E-state index in [1.807, 2.05) is 0 Å². The van der Waals surface area contributed by atoms with Crippen LogP contribution in [0.15, 0.2) is 42.5 Å². The van der Waals surface area contributed by atoms with Crippen molar-refractivity contribution >= 4 is 17.8 Å². The maximum Gasteiger partial charge on any atom is 0.519 e. The van der Waals surface area contributed by atoms with Gasteiger partial charge >= 0.3 is 6.16 Å². The fourth-order valence-corrected chi connectivity index (χ4v) is 1.55. The van der Waals surface area contributed by atoms with Crippen molar-refractivity contribution < 1.29 is 33.5 Å². The summed E-state index contributed by atoms with van der Waals surface area (Å²) in [6.45, 7) is 0. The number of hydrogen-bond acceptors (Lipinski definition) is 6. The van der Waals surface area contributed by atoms with Gasteiger partial charge in [0.2, 0.25) is 0 Å². The van der Waals surface area contributed by atoms with Crippen LogP contribution in [0, 0.1) is 5.82 Å². The van der Waals surface area contributed by atoms with Crippen molar-refractivity contribution in [3.63, 3.8) is 0 Å². The summed E-state index contributed by atoms with van der Waals surface area (Å²) in [4.78, 5) is 20.6. The van der Waals surface area contributed by atoms with Crippen molar-refractivity contribution in [1.29, 1.82) is 0 Å². The summed E-state index contributed by atoms with van der Waals surface area (Å²) >= 11 is 5.85. The van der Waals surface area contributed by atoms with Crippen LogP contribution in [-0.4, -0.2) is 13.3 Å². The maximum atomic E-state index is 12.7. The molecule has 0 aliphatic heterocycles. The molecule has 22 heavy (non-hydrogen) atoms. The van der Waals surface area contributed by atoms with Crippen LogP contribution in [0.5, 0.6) is 17.2 Å². The summed E-state index contributed by atoms with van der Waals surface area (Å²) < 4.78 is 22.5. The molecule has 116 valence electrons. The molecule has 0 aliphatic rings. The van der Waals surface area contributed by atoms with Crippen LogP contribution in [-0.2, 0) is 9.93 Å². The molecule has 0 aliphatic carbocycles. The molecule has 0 unspecified atom stereocenters. The largest absolute Gasteiger partial charge is 0.519 e. The second kappa shape index (κ2) is 7.60. The molecule has 2 aromatic rings. The van der Waals surface area contributed by atoms with E-state index in [4.69, 9.17) is 26.0 Å². The molecule has 0 spiro atoms. The Labute approximate surface area is 129 Å². The van der Waals surface area contributed by atoms with Gasteiger partial charge in [-0.3, -0.25) is 0 Å². The Morgan fingerprint density at radius 3 is 2.36 bits per heavy atom. The van der Waals surface area contributed by atoms with E-state index in [1.165, 1.54) is 37.4 Å². The van der Waals surface area contributed by atoms with Gasteiger partial charge in [-0.2, -0.15) is 4.89 Å². The summed E-state index contributed by atoms with van der Waals surface area (Å²) in [6.07, 6.45) is -1.01. The molecule has 0 aromatic heterocycles. The SMILES string of the molecule is COOOc1cc(OC(=O)Oc2ccc(F)cc2)ccc1Cl. The molecule has 0 bridgehead atoms. The average molecular weight is 329 g/mol. The standard InChI is InChI=1S/C14H10ClFO6/c1-18-22-21-13-8-11(6-7-12(13)15)20-14(17)19-10-4-2-9(16)3-5-10/h2-8H,1H3. The lowest BCUT2D eigenvalue weighted by molar-refractivity contribution is -0.453. The second-order valence-corrected chi connectivity index (χ2v) is 4.23. The first-order valence-corrected chi connectivity index (χ1v) is 6.28. The predicted molar refractivity (Wildman–Crippen MR) is 73.2 cm³/mol. The van der Waals surface area contributed by atoms with Gasteiger partial charge in [0.15, 0.2) is 5.75 Å². The van der Waals surface area contributed by atoms with Crippen LogP contribution in [0.4, 0.5) is 9.18 Å². The van der Waals surface area contributed by atoms with Crippen LogP contribution < -0.4 is 14.4 Å². The lowest BCUT2D eigenvalue weighted by Crippen LogP contribution is -2.13. The van der Waals surface area contributed by atoms with Crippen LogP contribution >= 0.6 is 11.6 Å². The lowest BCUT2D eigenvalue weighted by atomic mass is 10.3. The molecular formula is C14H10ClFO6. The van der Waals surface area contributed by atoms with Crippen LogP contribution in [0.3, 0.4) is 0 Å². The quantitative estimate of drug-likeness (QED) is 0.359. The molecule has 0 saturated carbocycles. The fraction of sp³-hybridized carbons (Fsp3) is 0.0714. The number of benzene rings is 2. The Morgan fingerprint density at radius 1 is 1.05 bits per heavy atom. The highest BCUT2D eigenvalue weighted by atomic mass is 35.5. The molecule has 0 amide bonds. The van der Waals surface area contributed by atoms with Crippen molar-refractivity contribution in [1.82, 2.24) is 0 Å². The Kier molecular flexibility index (Phi) is 5.54. The topological polar surface area (TPSA) is 63.2 Å². The van der Waals surface area contributed by atoms with Gasteiger partial charge in [0.1, 0.15) is 17.3 Å². The maximum absolute atomic E-state index is 12.7. The first-order valence-electron chi connectivity index (χ1n) is 5.90. The van der Waals surface area contributed by atoms with Gasteiger partial charge < -0.3 is 14.4 Å². The Balaban J connectivity index is 2.00. The summed E-state index contributed by atoms with van der Waals surface area (Å²) in [5.74, 6) is -0.125. The molecule has 6 nitrogen and oxygen atoms in total. The zero-order valence-corrected chi connectivity index (χ0v) is 12.0. The highest BCUT2D eigenvalue weighted by molar-refractivity contribution is 6.32. The minimum Gasteiger partial charge on any atom is -0.395 e. The molecule has 0 N–H and O–H groups in total. The summed E-state index contributed by atoms with van der Waals surface area (Å²) in [7, 11) is 1.24. The third-order valence-electron chi connectivity index (χ3n) is 2.31. The van der Waals surface area contributed by atoms with E-state index in [2.05, 4.69) is 9.93 Å². The number of rotatable bonds is 5. The first-order chi connectivity index (χ1) is 10.6. The van der Waals surface area contributed by atoms with Crippen molar-refractivity contribution in [2.24, 2.45) is 0 Å². The van der Waals surface area contributed by atoms with E-state index in [0.717, 1.165) is 12.1 Å². The highest BCUT2D eigenvalue weighted by Crippen LogP contribution is 2.29. The summed E-state index contributed by atoms with van der Waals surface area (Å²) in [5.41, 5.74) is 0. The normalized spacial score (nSPS) is 10.1. The molecule has 0 atom stereocenters. The second-order valence-electron chi connectivity index (χ2n) is 3.82. The van der Waals surface area contributed by atoms with E-state index < -0.39 is 12.0 Å². The van der Waals surface area contributed by atoms with E-state index in [0.29, 0.717) is 0 Å². The molecule has 0 heterocycles. The lowest BCUT2D eigenvalue weighted by Gasteiger charge is -2.08. The number of carbonyl (C=O) groups is 1. The van der Waals surface area contributed by atoms with Crippen molar-refractivity contribution in [2.75, 3.05) is 7.11 Å². The van der Waals surface area contributed by atoms with Crippen LogP contribution in [0.25, 0.3) is 0 Å². The number of halogens is 2. The van der Waals surface area contributed by atoms with Gasteiger partial charge in [-0.15, -0.1) is 0 Å².